The molecule has 0 unspecified atom stereocenters. The number of hydrogen-bond donors (Lipinski definition) is 0. The van der Waals surface area contributed by atoms with Crippen LogP contribution in [0.1, 0.15) is 16.9 Å². The molecule has 0 amide bonds. The van der Waals surface area contributed by atoms with Gasteiger partial charge in [-0.25, -0.2) is 9.79 Å². The maximum absolute atomic E-state index is 11.8. The van der Waals surface area contributed by atoms with Crippen molar-refractivity contribution >= 4 is 40.5 Å². The molecule has 1 aliphatic heterocycles. The fraction of sp³-hybridized carbons (Fsp3) is 0.0667. The van der Waals surface area contributed by atoms with Crippen molar-refractivity contribution in [1.82, 2.24) is 0 Å². The molecule has 1 aliphatic rings. The number of hydrogen-bond acceptors (Lipinski definition) is 4. The minimum Gasteiger partial charge on any atom is -0.465 e. The normalized spacial score (nSPS) is 16.4. The van der Waals surface area contributed by atoms with E-state index in [2.05, 4.69) is 27.6 Å². The molecule has 100 valence electrons. The first-order valence-electron chi connectivity index (χ1n) is 5.96. The fourth-order valence-electron chi connectivity index (χ4n) is 1.82. The topological polar surface area (TPSA) is 51.8 Å². The van der Waals surface area contributed by atoms with E-state index < -0.39 is 5.97 Å². The molecule has 0 aliphatic carbocycles. The zero-order valence-corrected chi connectivity index (χ0v) is 12.7. The Balaban J connectivity index is 1.96. The minimum atomic E-state index is -0.465. The molecule has 1 aromatic heterocycles. The third-order valence-corrected chi connectivity index (χ3v) is 4.06. The molecule has 0 N–H and O–H groups in total. The van der Waals surface area contributed by atoms with Gasteiger partial charge in [0.05, 0.1) is 6.26 Å². The molecule has 2 aromatic rings. The van der Waals surface area contributed by atoms with Gasteiger partial charge in [-0.05, 0) is 65.4 Å². The Morgan fingerprint density at radius 2 is 2.15 bits per heavy atom. The van der Waals surface area contributed by atoms with Crippen molar-refractivity contribution in [2.45, 2.75) is 6.92 Å². The molecule has 5 heteroatoms. The number of nitrogens with zero attached hydrogens (tertiary/aromatic N) is 1. The lowest BCUT2D eigenvalue weighted by molar-refractivity contribution is -0.129. The van der Waals surface area contributed by atoms with E-state index in [1.54, 1.807) is 24.5 Å². The number of halogens is 1. The van der Waals surface area contributed by atoms with Gasteiger partial charge in [-0.1, -0.05) is 0 Å². The number of esters is 1. The first-order chi connectivity index (χ1) is 9.63. The smallest absolute Gasteiger partial charge is 0.363 e. The fourth-order valence-corrected chi connectivity index (χ4v) is 2.15. The van der Waals surface area contributed by atoms with Crippen molar-refractivity contribution in [3.63, 3.8) is 0 Å². The minimum absolute atomic E-state index is 0.242. The van der Waals surface area contributed by atoms with Gasteiger partial charge >= 0.3 is 5.97 Å². The van der Waals surface area contributed by atoms with E-state index in [0.717, 1.165) is 14.7 Å². The van der Waals surface area contributed by atoms with E-state index in [1.807, 2.05) is 25.1 Å². The van der Waals surface area contributed by atoms with Crippen LogP contribution in [-0.4, -0.2) is 11.9 Å². The van der Waals surface area contributed by atoms with Crippen molar-refractivity contribution in [3.8, 4) is 0 Å². The number of aryl methyl sites for hydroxylation is 1. The van der Waals surface area contributed by atoms with Crippen LogP contribution >= 0.6 is 22.6 Å². The highest BCUT2D eigenvalue weighted by Crippen LogP contribution is 2.21. The molecular weight excluding hydrogens is 369 g/mol. The van der Waals surface area contributed by atoms with Crippen LogP contribution < -0.4 is 0 Å². The van der Waals surface area contributed by atoms with Crippen LogP contribution in [-0.2, 0) is 9.53 Å². The summed E-state index contributed by atoms with van der Waals surface area (Å²) >= 11 is 2.26. The Kier molecular flexibility index (Phi) is 3.43. The molecule has 3 rings (SSSR count). The van der Waals surface area contributed by atoms with Crippen molar-refractivity contribution in [3.05, 3.63) is 62.7 Å². The number of furan rings is 1. The summed E-state index contributed by atoms with van der Waals surface area (Å²) in [5, 5.41) is 0. The van der Waals surface area contributed by atoms with Gasteiger partial charge in [0.25, 0.3) is 0 Å². The van der Waals surface area contributed by atoms with Crippen molar-refractivity contribution in [1.29, 1.82) is 0 Å². The maximum Gasteiger partial charge on any atom is 0.363 e. The Bertz CT molecular complexity index is 730. The molecular formula is C15H10INO3. The molecule has 0 atom stereocenters. The third-order valence-electron chi connectivity index (χ3n) is 2.85. The monoisotopic (exact) mass is 379 g/mol. The molecule has 0 bridgehead atoms. The van der Waals surface area contributed by atoms with Gasteiger partial charge in [0.2, 0.25) is 5.90 Å². The summed E-state index contributed by atoms with van der Waals surface area (Å²) in [5.41, 5.74) is 2.15. The Morgan fingerprint density at radius 1 is 1.30 bits per heavy atom. The van der Waals surface area contributed by atoms with E-state index in [1.165, 1.54) is 0 Å². The lowest BCUT2D eigenvalue weighted by Crippen LogP contribution is -2.05. The molecule has 20 heavy (non-hydrogen) atoms. The number of aliphatic imine (C=N–C) groups is 1. The van der Waals surface area contributed by atoms with Crippen LogP contribution in [0.25, 0.3) is 6.08 Å². The highest BCUT2D eigenvalue weighted by molar-refractivity contribution is 14.1. The van der Waals surface area contributed by atoms with E-state index in [9.17, 15) is 4.79 Å². The highest BCUT2D eigenvalue weighted by Gasteiger charge is 2.24. The van der Waals surface area contributed by atoms with E-state index in [4.69, 9.17) is 9.15 Å². The summed E-state index contributed by atoms with van der Waals surface area (Å²) in [6.45, 7) is 2.00. The highest BCUT2D eigenvalue weighted by atomic mass is 127. The largest absolute Gasteiger partial charge is 0.465 e. The first kappa shape index (κ1) is 13.1. The summed E-state index contributed by atoms with van der Waals surface area (Å²) in [5.74, 6) is 0.431. The second kappa shape index (κ2) is 5.24. The van der Waals surface area contributed by atoms with Crippen LogP contribution in [0, 0.1) is 10.5 Å². The summed E-state index contributed by atoms with van der Waals surface area (Å²) in [4.78, 5) is 16.0. The first-order valence-corrected chi connectivity index (χ1v) is 7.04. The number of carbonyl (C=O) groups is 1. The summed E-state index contributed by atoms with van der Waals surface area (Å²) in [7, 11) is 0. The second-order valence-electron chi connectivity index (χ2n) is 4.32. The molecule has 0 saturated heterocycles. The van der Waals surface area contributed by atoms with Crippen molar-refractivity contribution < 1.29 is 13.9 Å². The predicted molar refractivity (Wildman–Crippen MR) is 83.2 cm³/mol. The second-order valence-corrected chi connectivity index (χ2v) is 5.48. The van der Waals surface area contributed by atoms with Gasteiger partial charge in [-0.15, -0.1) is 0 Å². The SMILES string of the molecule is Cc1cc(C2=N/C(=C\c3ccco3)C(=O)O2)ccc1I. The lowest BCUT2D eigenvalue weighted by Gasteiger charge is -2.02. The molecule has 4 nitrogen and oxygen atoms in total. The number of cyclic esters (lactones) is 1. The Morgan fingerprint density at radius 3 is 2.85 bits per heavy atom. The van der Waals surface area contributed by atoms with Crippen LogP contribution in [0.15, 0.2) is 51.7 Å². The van der Waals surface area contributed by atoms with Gasteiger partial charge in [0.1, 0.15) is 5.76 Å². The average molecular weight is 379 g/mol. The summed E-state index contributed by atoms with van der Waals surface area (Å²) in [6, 6.07) is 9.30. The molecule has 0 saturated carbocycles. The molecule has 0 radical (unpaired) electrons. The lowest BCUT2D eigenvalue weighted by atomic mass is 10.1. The van der Waals surface area contributed by atoms with Crippen LogP contribution in [0.5, 0.6) is 0 Å². The maximum atomic E-state index is 11.8. The zero-order valence-electron chi connectivity index (χ0n) is 10.6. The molecule has 1 aromatic carbocycles. The van der Waals surface area contributed by atoms with Crippen molar-refractivity contribution in [2.24, 2.45) is 4.99 Å². The molecule has 0 spiro atoms. The van der Waals surface area contributed by atoms with Gasteiger partial charge in [-0.2, -0.15) is 0 Å². The quantitative estimate of drug-likeness (QED) is 0.456. The average Bonchev–Trinajstić information content (AvgIpc) is 3.04. The van der Waals surface area contributed by atoms with Gasteiger partial charge < -0.3 is 9.15 Å². The van der Waals surface area contributed by atoms with Gasteiger partial charge in [0.15, 0.2) is 5.70 Å². The summed E-state index contributed by atoms with van der Waals surface area (Å²) in [6.07, 6.45) is 3.11. The number of rotatable bonds is 2. The third kappa shape index (κ3) is 2.53. The summed E-state index contributed by atoms with van der Waals surface area (Å²) < 4.78 is 11.5. The van der Waals surface area contributed by atoms with Gasteiger partial charge in [0, 0.05) is 15.2 Å². The van der Waals surface area contributed by atoms with E-state index >= 15 is 0 Å². The van der Waals surface area contributed by atoms with Crippen LogP contribution in [0.3, 0.4) is 0 Å². The Labute approximate surface area is 129 Å². The number of ether oxygens (including phenoxy) is 1. The van der Waals surface area contributed by atoms with Gasteiger partial charge in [-0.3, -0.25) is 0 Å². The van der Waals surface area contributed by atoms with Crippen LogP contribution in [0.2, 0.25) is 0 Å². The number of carbonyl (C=O) groups excluding carboxylic acids is 1. The standard InChI is InChI=1S/C15H10INO3/c1-9-7-10(4-5-12(9)16)14-17-13(15(18)20-14)8-11-3-2-6-19-11/h2-8H,1H3/b13-8-. The predicted octanol–water partition coefficient (Wildman–Crippen LogP) is 3.54. The molecule has 0 fully saturated rings. The van der Waals surface area contributed by atoms with Crippen LogP contribution in [0.4, 0.5) is 0 Å². The molecule has 2 heterocycles. The number of benzene rings is 1. The Hall–Kier alpha value is -1.89. The van der Waals surface area contributed by atoms with E-state index in [0.29, 0.717) is 11.7 Å². The van der Waals surface area contributed by atoms with E-state index in [-0.39, 0.29) is 5.70 Å². The van der Waals surface area contributed by atoms with Crippen molar-refractivity contribution in [2.75, 3.05) is 0 Å². The zero-order chi connectivity index (χ0) is 14.1.